The molecule has 0 unspecified atom stereocenters. The number of nitrogens with zero attached hydrogens (tertiary/aromatic N) is 1. The van der Waals surface area contributed by atoms with Gasteiger partial charge in [0.2, 0.25) is 0 Å². The lowest BCUT2D eigenvalue weighted by molar-refractivity contribution is -0.137. The number of hydrogen-bond acceptors (Lipinski definition) is 4. The molecular weight excluding hydrogens is 230 g/mol. The van der Waals surface area contributed by atoms with Crippen molar-refractivity contribution in [2.75, 3.05) is 0 Å². The van der Waals surface area contributed by atoms with Crippen molar-refractivity contribution in [2.24, 2.45) is 0 Å². The normalized spacial score (nSPS) is 10.5. The van der Waals surface area contributed by atoms with E-state index < -0.39 is 5.97 Å². The number of carboxylic acids is 1. The third kappa shape index (κ3) is 2.06. The van der Waals surface area contributed by atoms with Gasteiger partial charge in [0.25, 0.3) is 0 Å². The van der Waals surface area contributed by atoms with Gasteiger partial charge < -0.3 is 9.52 Å². The minimum absolute atomic E-state index is 0.0680. The van der Waals surface area contributed by atoms with Crippen molar-refractivity contribution in [2.45, 2.75) is 13.0 Å². The van der Waals surface area contributed by atoms with E-state index in [1.54, 1.807) is 11.4 Å². The van der Waals surface area contributed by atoms with Crippen LogP contribution < -0.4 is 4.87 Å². The van der Waals surface area contributed by atoms with E-state index in [0.717, 1.165) is 16.9 Å². The van der Waals surface area contributed by atoms with E-state index >= 15 is 0 Å². The van der Waals surface area contributed by atoms with Crippen molar-refractivity contribution in [3.8, 4) is 11.3 Å². The minimum Gasteiger partial charge on any atom is -0.481 e. The zero-order chi connectivity index (χ0) is 11.5. The molecule has 2 heterocycles. The highest BCUT2D eigenvalue weighted by atomic mass is 32.1. The van der Waals surface area contributed by atoms with Crippen molar-refractivity contribution in [1.82, 2.24) is 4.57 Å². The average Bonchev–Trinajstić information content (AvgIpc) is 2.83. The number of aliphatic carboxylic acids is 1. The summed E-state index contributed by atoms with van der Waals surface area (Å²) in [6, 6.07) is 1.73. The summed E-state index contributed by atoms with van der Waals surface area (Å²) < 4.78 is 6.38. The third-order valence-corrected chi connectivity index (χ3v) is 2.91. The molecule has 0 amide bonds. The monoisotopic (exact) mass is 239 g/mol. The lowest BCUT2D eigenvalue weighted by atomic mass is 10.2. The molecule has 5 nitrogen and oxygen atoms in total. The van der Waals surface area contributed by atoms with Crippen molar-refractivity contribution in [1.29, 1.82) is 0 Å². The van der Waals surface area contributed by atoms with Crippen LogP contribution in [0.4, 0.5) is 0 Å². The molecule has 2 rings (SSSR count). The van der Waals surface area contributed by atoms with Gasteiger partial charge in [0.1, 0.15) is 0 Å². The summed E-state index contributed by atoms with van der Waals surface area (Å²) in [5, 5.41) is 10.3. The lowest BCUT2D eigenvalue weighted by Gasteiger charge is -2.03. The Labute approximate surface area is 94.6 Å². The Morgan fingerprint density at radius 1 is 1.56 bits per heavy atom. The molecular formula is C10H9NO4S. The fourth-order valence-corrected chi connectivity index (χ4v) is 2.18. The van der Waals surface area contributed by atoms with Crippen LogP contribution in [0.25, 0.3) is 11.3 Å². The predicted octanol–water partition coefficient (Wildman–Crippen LogP) is 1.64. The maximum Gasteiger partial charge on any atom is 0.307 e. The summed E-state index contributed by atoms with van der Waals surface area (Å²) >= 11 is 1.05. The first-order valence-electron chi connectivity index (χ1n) is 4.61. The number of thiazole rings is 1. The van der Waals surface area contributed by atoms with Gasteiger partial charge in [-0.05, 0) is 6.07 Å². The van der Waals surface area contributed by atoms with E-state index in [4.69, 9.17) is 9.52 Å². The standard InChI is InChI=1S/C10H9NO4S/c12-9(13)1-3-11-8(6-16-10(11)14)7-2-4-15-5-7/h2,4-6H,1,3H2,(H,12,13). The van der Waals surface area contributed by atoms with Crippen LogP contribution in [0, 0.1) is 0 Å². The van der Waals surface area contributed by atoms with E-state index in [9.17, 15) is 9.59 Å². The molecule has 2 aromatic heterocycles. The van der Waals surface area contributed by atoms with Gasteiger partial charge in [0, 0.05) is 17.5 Å². The Kier molecular flexibility index (Phi) is 2.91. The average molecular weight is 239 g/mol. The van der Waals surface area contributed by atoms with Gasteiger partial charge in [-0.3, -0.25) is 14.2 Å². The molecule has 6 heteroatoms. The first-order chi connectivity index (χ1) is 7.68. The van der Waals surface area contributed by atoms with E-state index in [0.29, 0.717) is 5.69 Å². The molecule has 0 fully saturated rings. The Morgan fingerprint density at radius 2 is 2.38 bits per heavy atom. The van der Waals surface area contributed by atoms with Gasteiger partial charge in [-0.2, -0.15) is 0 Å². The molecule has 2 aromatic rings. The second-order valence-electron chi connectivity index (χ2n) is 3.19. The van der Waals surface area contributed by atoms with Gasteiger partial charge in [0.15, 0.2) is 0 Å². The molecule has 0 spiro atoms. The maximum atomic E-state index is 11.5. The Balaban J connectivity index is 2.33. The van der Waals surface area contributed by atoms with Gasteiger partial charge in [-0.25, -0.2) is 0 Å². The van der Waals surface area contributed by atoms with Crippen LogP contribution in [-0.4, -0.2) is 15.6 Å². The molecule has 0 radical (unpaired) electrons. The third-order valence-electron chi connectivity index (χ3n) is 2.15. The number of carboxylic acid groups (broad SMARTS) is 1. The number of furan rings is 1. The summed E-state index contributed by atoms with van der Waals surface area (Å²) in [5.74, 6) is -0.920. The summed E-state index contributed by atoms with van der Waals surface area (Å²) in [6.07, 6.45) is 2.97. The molecule has 0 aliphatic carbocycles. The number of rotatable bonds is 4. The van der Waals surface area contributed by atoms with Gasteiger partial charge >= 0.3 is 10.8 Å². The molecule has 0 saturated heterocycles. The van der Waals surface area contributed by atoms with E-state index in [-0.39, 0.29) is 17.8 Å². The Morgan fingerprint density at radius 3 is 3.00 bits per heavy atom. The molecule has 0 atom stereocenters. The van der Waals surface area contributed by atoms with Crippen LogP contribution >= 0.6 is 11.3 Å². The lowest BCUT2D eigenvalue weighted by Crippen LogP contribution is -2.16. The number of aromatic nitrogens is 1. The second kappa shape index (κ2) is 4.36. The van der Waals surface area contributed by atoms with Gasteiger partial charge in [0.05, 0.1) is 24.6 Å². The van der Waals surface area contributed by atoms with E-state index in [2.05, 4.69) is 0 Å². The largest absolute Gasteiger partial charge is 0.481 e. The fourth-order valence-electron chi connectivity index (χ4n) is 1.39. The van der Waals surface area contributed by atoms with Crippen molar-refractivity contribution in [3.05, 3.63) is 33.6 Å². The highest BCUT2D eigenvalue weighted by molar-refractivity contribution is 7.07. The highest BCUT2D eigenvalue weighted by Crippen LogP contribution is 2.20. The maximum absolute atomic E-state index is 11.5. The van der Waals surface area contributed by atoms with Crippen molar-refractivity contribution < 1.29 is 14.3 Å². The molecule has 0 aromatic carbocycles. The molecule has 0 saturated carbocycles. The molecule has 16 heavy (non-hydrogen) atoms. The van der Waals surface area contributed by atoms with Crippen molar-refractivity contribution in [3.63, 3.8) is 0 Å². The first kappa shape index (κ1) is 10.7. The minimum atomic E-state index is -0.920. The van der Waals surface area contributed by atoms with Crippen LogP contribution in [0.2, 0.25) is 0 Å². The number of carbonyl (C=O) groups is 1. The van der Waals surface area contributed by atoms with Crippen LogP contribution in [0.15, 0.2) is 33.2 Å². The summed E-state index contributed by atoms with van der Waals surface area (Å²) in [7, 11) is 0. The predicted molar refractivity (Wildman–Crippen MR) is 58.5 cm³/mol. The van der Waals surface area contributed by atoms with Crippen LogP contribution in [-0.2, 0) is 11.3 Å². The molecule has 0 bridgehead atoms. The second-order valence-corrected chi connectivity index (χ2v) is 4.01. The molecule has 84 valence electrons. The van der Waals surface area contributed by atoms with E-state index in [1.165, 1.54) is 17.1 Å². The SMILES string of the molecule is O=C(O)CCn1c(-c2ccoc2)csc1=O. The summed E-state index contributed by atoms with van der Waals surface area (Å²) in [6.45, 7) is 0.179. The highest BCUT2D eigenvalue weighted by Gasteiger charge is 2.10. The van der Waals surface area contributed by atoms with Crippen LogP contribution in [0.1, 0.15) is 6.42 Å². The summed E-state index contributed by atoms with van der Waals surface area (Å²) in [5.41, 5.74) is 1.48. The smallest absolute Gasteiger partial charge is 0.307 e. The van der Waals surface area contributed by atoms with Gasteiger partial charge in [-0.1, -0.05) is 11.3 Å². The first-order valence-corrected chi connectivity index (χ1v) is 5.49. The quantitative estimate of drug-likeness (QED) is 0.880. The number of hydrogen-bond donors (Lipinski definition) is 1. The zero-order valence-electron chi connectivity index (χ0n) is 8.25. The molecule has 0 aliphatic heterocycles. The van der Waals surface area contributed by atoms with E-state index in [1.807, 2.05) is 0 Å². The fraction of sp³-hybridized carbons (Fsp3) is 0.200. The van der Waals surface area contributed by atoms with Crippen LogP contribution in [0.5, 0.6) is 0 Å². The van der Waals surface area contributed by atoms with Crippen LogP contribution in [0.3, 0.4) is 0 Å². The topological polar surface area (TPSA) is 72.4 Å². The zero-order valence-corrected chi connectivity index (χ0v) is 9.07. The molecule has 1 N–H and O–H groups in total. The van der Waals surface area contributed by atoms with Crippen molar-refractivity contribution >= 4 is 17.3 Å². The summed E-state index contributed by atoms with van der Waals surface area (Å²) in [4.78, 5) is 21.8. The Bertz CT molecular complexity index is 537. The van der Waals surface area contributed by atoms with Gasteiger partial charge in [-0.15, -0.1) is 0 Å². The molecule has 0 aliphatic rings. The Hall–Kier alpha value is -1.82.